The van der Waals surface area contributed by atoms with Gasteiger partial charge in [-0.2, -0.15) is 5.10 Å². The van der Waals surface area contributed by atoms with E-state index in [-0.39, 0.29) is 0 Å². The predicted molar refractivity (Wildman–Crippen MR) is 161 cm³/mol. The molecule has 0 aliphatic carbocycles. The Balaban J connectivity index is 1.56. The summed E-state index contributed by atoms with van der Waals surface area (Å²) in [6, 6.07) is 12.8. The number of nitrogens with zero attached hydrogens (tertiary/aromatic N) is 6. The highest BCUT2D eigenvalue weighted by atomic mass is 35.5. The maximum absolute atomic E-state index is 10.4. The van der Waals surface area contributed by atoms with Crippen LogP contribution in [-0.4, -0.2) is 36.0 Å². The van der Waals surface area contributed by atoms with Crippen molar-refractivity contribution >= 4 is 28.5 Å². The van der Waals surface area contributed by atoms with E-state index >= 15 is 0 Å². The number of aryl methyl sites for hydroxylation is 3. The molecule has 0 saturated carbocycles. The summed E-state index contributed by atoms with van der Waals surface area (Å²) >= 11 is 6.69. The van der Waals surface area contributed by atoms with Crippen LogP contribution in [0.25, 0.3) is 27.8 Å². The fourth-order valence-electron chi connectivity index (χ4n) is 5.85. The molecule has 40 heavy (non-hydrogen) atoms. The highest BCUT2D eigenvalue weighted by Gasteiger charge is 2.30. The summed E-state index contributed by atoms with van der Waals surface area (Å²) in [6.45, 7) is 9.30. The van der Waals surface area contributed by atoms with Crippen molar-refractivity contribution < 1.29 is 5.11 Å². The number of anilines is 1. The molecule has 2 aromatic carbocycles. The first kappa shape index (κ1) is 26.5. The van der Waals surface area contributed by atoms with Gasteiger partial charge in [0.2, 0.25) is 5.95 Å². The molecule has 6 rings (SSSR count). The van der Waals surface area contributed by atoms with Crippen LogP contribution in [0.5, 0.6) is 0 Å². The van der Waals surface area contributed by atoms with E-state index in [1.54, 1.807) is 26.2 Å². The van der Waals surface area contributed by atoms with Gasteiger partial charge in [-0.3, -0.25) is 0 Å². The maximum Gasteiger partial charge on any atom is 0.225 e. The molecule has 206 valence electrons. The largest absolute Gasteiger partial charge is 0.386 e. The minimum Gasteiger partial charge on any atom is -0.386 e. The molecular formula is C32H35ClN6O. The molecule has 1 aliphatic rings. The minimum absolute atomic E-state index is 0.638. The number of fused-ring (bicyclic) bond motifs is 2. The lowest BCUT2D eigenvalue weighted by Gasteiger charge is -2.27. The molecule has 8 heteroatoms. The molecule has 1 N–H and O–H groups in total. The summed E-state index contributed by atoms with van der Waals surface area (Å²) < 4.78 is 4.27. The van der Waals surface area contributed by atoms with Gasteiger partial charge in [0.25, 0.3) is 0 Å². The Kier molecular flexibility index (Phi) is 6.67. The van der Waals surface area contributed by atoms with E-state index in [4.69, 9.17) is 16.7 Å². The molecule has 0 radical (unpaired) electrons. The first-order valence-electron chi connectivity index (χ1n) is 14.0. The normalized spacial score (nSPS) is 13.7. The minimum atomic E-state index is -0.985. The Bertz CT molecular complexity index is 1690. The second-order valence-electron chi connectivity index (χ2n) is 11.1. The highest BCUT2D eigenvalue weighted by Crippen LogP contribution is 2.40. The number of hydrogen-bond donors (Lipinski definition) is 1. The molecule has 0 saturated heterocycles. The van der Waals surface area contributed by atoms with E-state index in [1.807, 2.05) is 13.1 Å². The van der Waals surface area contributed by atoms with Gasteiger partial charge in [-0.25, -0.2) is 14.6 Å². The zero-order chi connectivity index (χ0) is 28.2. The van der Waals surface area contributed by atoms with Crippen molar-refractivity contribution in [3.63, 3.8) is 0 Å². The van der Waals surface area contributed by atoms with Crippen molar-refractivity contribution in [1.82, 2.24) is 24.3 Å². The summed E-state index contributed by atoms with van der Waals surface area (Å²) in [6.07, 6.45) is 8.13. The lowest BCUT2D eigenvalue weighted by molar-refractivity contribution is 0.0778. The molecule has 0 fully saturated rings. The van der Waals surface area contributed by atoms with E-state index in [0.717, 1.165) is 58.7 Å². The van der Waals surface area contributed by atoms with Gasteiger partial charge in [-0.15, -0.1) is 0 Å². The third kappa shape index (κ3) is 4.38. The lowest BCUT2D eigenvalue weighted by Crippen LogP contribution is -2.32. The smallest absolute Gasteiger partial charge is 0.225 e. The van der Waals surface area contributed by atoms with Gasteiger partial charge in [0, 0.05) is 67.2 Å². The van der Waals surface area contributed by atoms with Crippen LogP contribution in [0.15, 0.2) is 55.0 Å². The molecule has 0 bridgehead atoms. The van der Waals surface area contributed by atoms with Crippen LogP contribution >= 0.6 is 11.6 Å². The van der Waals surface area contributed by atoms with Crippen LogP contribution in [0.1, 0.15) is 55.6 Å². The van der Waals surface area contributed by atoms with Crippen molar-refractivity contribution in [3.05, 3.63) is 88.0 Å². The molecule has 7 nitrogen and oxygen atoms in total. The van der Waals surface area contributed by atoms with E-state index in [1.165, 1.54) is 22.4 Å². The standard InChI is InChI=1S/C32H35ClN6O/c1-6-20-9-8-10-21(7-2)28(20)39-29(23-11-12-26(33)30-24(23)13-15-37(30)5)25-19-38(16-14-27(25)36-39)31-34-17-22(18-35-31)32(3,4)40/h8-13,15,17-18,40H,6-7,14,16,19H2,1-5H3. The molecule has 0 spiro atoms. The number of benzene rings is 2. The number of para-hydroxylation sites is 1. The van der Waals surface area contributed by atoms with Gasteiger partial charge < -0.3 is 14.6 Å². The summed E-state index contributed by atoms with van der Waals surface area (Å²) in [5, 5.41) is 17.5. The zero-order valence-corrected chi connectivity index (χ0v) is 24.5. The average molecular weight is 555 g/mol. The van der Waals surface area contributed by atoms with Crippen molar-refractivity contribution in [2.24, 2.45) is 7.05 Å². The van der Waals surface area contributed by atoms with E-state index in [9.17, 15) is 5.11 Å². The topological polar surface area (TPSA) is 72.0 Å². The molecule has 5 aromatic rings. The Morgan fingerprint density at radius 2 is 1.70 bits per heavy atom. The first-order valence-corrected chi connectivity index (χ1v) is 14.3. The first-order chi connectivity index (χ1) is 19.2. The predicted octanol–water partition coefficient (Wildman–Crippen LogP) is 6.39. The Hall–Kier alpha value is -3.68. The second-order valence-corrected chi connectivity index (χ2v) is 11.5. The number of rotatable bonds is 6. The van der Waals surface area contributed by atoms with Gasteiger partial charge in [0.1, 0.15) is 0 Å². The van der Waals surface area contributed by atoms with Crippen molar-refractivity contribution in [3.8, 4) is 16.9 Å². The van der Waals surface area contributed by atoms with Gasteiger partial charge in [-0.1, -0.05) is 49.7 Å². The Morgan fingerprint density at radius 1 is 1.00 bits per heavy atom. The summed E-state index contributed by atoms with van der Waals surface area (Å²) in [4.78, 5) is 11.5. The number of aromatic nitrogens is 5. The molecule has 0 atom stereocenters. The Labute approximate surface area is 240 Å². The quantitative estimate of drug-likeness (QED) is 0.263. The fraction of sp³-hybridized carbons (Fsp3) is 0.344. The van der Waals surface area contributed by atoms with E-state index < -0.39 is 5.60 Å². The fourth-order valence-corrected chi connectivity index (χ4v) is 6.14. The highest BCUT2D eigenvalue weighted by molar-refractivity contribution is 6.35. The van der Waals surface area contributed by atoms with Crippen molar-refractivity contribution in [2.75, 3.05) is 11.4 Å². The van der Waals surface area contributed by atoms with Crippen LogP contribution in [0.2, 0.25) is 5.02 Å². The monoisotopic (exact) mass is 554 g/mol. The van der Waals surface area contributed by atoms with Gasteiger partial charge in [-0.05, 0) is 49.9 Å². The molecular weight excluding hydrogens is 520 g/mol. The summed E-state index contributed by atoms with van der Waals surface area (Å²) in [5.74, 6) is 0.654. The van der Waals surface area contributed by atoms with Gasteiger partial charge in [0.05, 0.1) is 33.2 Å². The zero-order valence-electron chi connectivity index (χ0n) is 23.7. The number of halogens is 1. The third-order valence-electron chi connectivity index (χ3n) is 8.08. The Morgan fingerprint density at radius 3 is 2.35 bits per heavy atom. The van der Waals surface area contributed by atoms with E-state index in [0.29, 0.717) is 18.1 Å². The van der Waals surface area contributed by atoms with E-state index in [2.05, 4.69) is 74.5 Å². The van der Waals surface area contributed by atoms with Gasteiger partial charge in [0.15, 0.2) is 0 Å². The number of hydrogen-bond acceptors (Lipinski definition) is 5. The molecule has 1 aliphatic heterocycles. The average Bonchev–Trinajstić information content (AvgIpc) is 3.53. The second kappa shape index (κ2) is 10.1. The van der Waals surface area contributed by atoms with Crippen LogP contribution in [0.4, 0.5) is 5.95 Å². The molecule has 0 amide bonds. The third-order valence-corrected chi connectivity index (χ3v) is 8.38. The van der Waals surface area contributed by atoms with Crippen LogP contribution in [0, 0.1) is 0 Å². The van der Waals surface area contributed by atoms with Crippen molar-refractivity contribution in [1.29, 1.82) is 0 Å². The van der Waals surface area contributed by atoms with Crippen LogP contribution in [0.3, 0.4) is 0 Å². The summed E-state index contributed by atoms with van der Waals surface area (Å²) in [5.41, 5.74) is 8.94. The molecule has 0 unspecified atom stereocenters. The SMILES string of the molecule is CCc1cccc(CC)c1-n1nc2c(c1-c1ccc(Cl)c3c1ccn3C)CN(c1ncc(C(C)(C)O)cn1)CC2. The lowest BCUT2D eigenvalue weighted by atomic mass is 9.97. The molecule has 4 heterocycles. The molecule has 3 aromatic heterocycles. The maximum atomic E-state index is 10.4. The summed E-state index contributed by atoms with van der Waals surface area (Å²) in [7, 11) is 2.03. The van der Waals surface area contributed by atoms with Crippen LogP contribution in [-0.2, 0) is 38.5 Å². The number of aliphatic hydroxyl groups is 1. The van der Waals surface area contributed by atoms with Gasteiger partial charge >= 0.3 is 0 Å². The van der Waals surface area contributed by atoms with Crippen LogP contribution < -0.4 is 4.90 Å². The van der Waals surface area contributed by atoms with Crippen molar-refractivity contribution in [2.45, 2.75) is 59.1 Å².